The van der Waals surface area contributed by atoms with Gasteiger partial charge in [-0.3, -0.25) is 4.21 Å². The first-order valence-electron chi connectivity index (χ1n) is 5.87. The summed E-state index contributed by atoms with van der Waals surface area (Å²) in [5, 5.41) is 1.16. The van der Waals surface area contributed by atoms with Gasteiger partial charge in [-0.05, 0) is 30.5 Å². The second-order valence-electron chi connectivity index (χ2n) is 4.41. The molecule has 3 heteroatoms. The van der Waals surface area contributed by atoms with Crippen LogP contribution < -0.4 is 0 Å². The van der Waals surface area contributed by atoms with Crippen LogP contribution in [0.5, 0.6) is 0 Å². The van der Waals surface area contributed by atoms with Gasteiger partial charge in [-0.2, -0.15) is 0 Å². The van der Waals surface area contributed by atoms with Crippen LogP contribution in [-0.2, 0) is 16.6 Å². The molecule has 0 heterocycles. The molecule has 0 aromatic heterocycles. The van der Waals surface area contributed by atoms with Gasteiger partial charge < -0.3 is 0 Å². The molecule has 0 N–H and O–H groups in total. The maximum atomic E-state index is 12.1. The smallest absolute Gasteiger partial charge is 0.0488 e. The fourth-order valence-corrected chi connectivity index (χ4v) is 3.93. The Morgan fingerprint density at radius 1 is 1.12 bits per heavy atom. The second kappa shape index (κ2) is 5.83. The number of rotatable bonds is 3. The van der Waals surface area contributed by atoms with Gasteiger partial charge >= 0.3 is 0 Å². The summed E-state index contributed by atoms with van der Waals surface area (Å²) >= 11 is 5.82. The predicted octanol–water partition coefficient (Wildman–Crippen LogP) is 3.92. The number of hydrogen-bond donors (Lipinski definition) is 0. The van der Waals surface area contributed by atoms with Crippen LogP contribution >= 0.6 is 11.6 Å². The zero-order chi connectivity index (χ0) is 11.4. The lowest BCUT2D eigenvalue weighted by Gasteiger charge is -2.20. The fourth-order valence-electron chi connectivity index (χ4n) is 2.19. The Bertz CT molecular complexity index is 355. The molecule has 1 aromatic carbocycles. The highest BCUT2D eigenvalue weighted by atomic mass is 35.5. The first-order valence-corrected chi connectivity index (χ1v) is 7.63. The van der Waals surface area contributed by atoms with Crippen LogP contribution in [-0.4, -0.2) is 9.46 Å². The van der Waals surface area contributed by atoms with Gasteiger partial charge in [0.05, 0.1) is 0 Å². The van der Waals surface area contributed by atoms with Crippen LogP contribution in [0.15, 0.2) is 24.3 Å². The lowest BCUT2D eigenvalue weighted by atomic mass is 10.0. The molecule has 0 saturated heterocycles. The molecule has 1 aliphatic carbocycles. The van der Waals surface area contributed by atoms with Crippen molar-refractivity contribution >= 4 is 22.4 Å². The highest BCUT2D eigenvalue weighted by Gasteiger charge is 2.19. The zero-order valence-electron chi connectivity index (χ0n) is 9.32. The van der Waals surface area contributed by atoms with E-state index in [9.17, 15) is 4.21 Å². The molecule has 0 amide bonds. The highest BCUT2D eigenvalue weighted by Crippen LogP contribution is 2.24. The maximum absolute atomic E-state index is 12.1. The van der Waals surface area contributed by atoms with Crippen molar-refractivity contribution < 1.29 is 4.21 Å². The van der Waals surface area contributed by atoms with Crippen LogP contribution in [0.25, 0.3) is 0 Å². The number of halogens is 1. The van der Waals surface area contributed by atoms with Crippen molar-refractivity contribution in [1.29, 1.82) is 0 Å². The topological polar surface area (TPSA) is 17.1 Å². The van der Waals surface area contributed by atoms with Crippen LogP contribution in [0.2, 0.25) is 5.02 Å². The fraction of sp³-hybridized carbons (Fsp3) is 0.538. The third-order valence-electron chi connectivity index (χ3n) is 3.15. The van der Waals surface area contributed by atoms with Gasteiger partial charge in [-0.15, -0.1) is 0 Å². The van der Waals surface area contributed by atoms with Gasteiger partial charge in [0, 0.05) is 26.8 Å². The van der Waals surface area contributed by atoms with Crippen molar-refractivity contribution in [3.05, 3.63) is 34.9 Å². The van der Waals surface area contributed by atoms with Crippen molar-refractivity contribution in [3.63, 3.8) is 0 Å². The normalized spacial score (nSPS) is 19.6. The van der Waals surface area contributed by atoms with Crippen LogP contribution in [0, 0.1) is 0 Å². The molecule has 1 nitrogen and oxygen atoms in total. The van der Waals surface area contributed by atoms with E-state index in [1.807, 2.05) is 24.3 Å². The van der Waals surface area contributed by atoms with Crippen LogP contribution in [0.1, 0.15) is 37.7 Å². The first-order chi connectivity index (χ1) is 7.75. The average Bonchev–Trinajstić information content (AvgIpc) is 2.33. The quantitative estimate of drug-likeness (QED) is 0.801. The number of hydrogen-bond acceptors (Lipinski definition) is 1. The van der Waals surface area contributed by atoms with E-state index in [2.05, 4.69) is 0 Å². The van der Waals surface area contributed by atoms with E-state index >= 15 is 0 Å². The zero-order valence-corrected chi connectivity index (χ0v) is 10.9. The molecule has 0 radical (unpaired) electrons. The Balaban J connectivity index is 1.93. The molecule has 1 aliphatic rings. The molecule has 0 bridgehead atoms. The molecular formula is C13H17ClOS. The standard InChI is InChI=1S/C13H17ClOS/c14-12-8-6-11(7-9-12)10-16(15)13-4-2-1-3-5-13/h6-9,13H,1-5,10H2. The van der Waals surface area contributed by atoms with Gasteiger partial charge in [0.15, 0.2) is 0 Å². The first kappa shape index (κ1) is 12.1. The van der Waals surface area contributed by atoms with E-state index in [0.717, 1.165) is 23.4 Å². The lowest BCUT2D eigenvalue weighted by Crippen LogP contribution is -2.19. The maximum Gasteiger partial charge on any atom is 0.0488 e. The van der Waals surface area contributed by atoms with Gasteiger partial charge in [0.2, 0.25) is 0 Å². The Morgan fingerprint density at radius 2 is 1.75 bits per heavy atom. The van der Waals surface area contributed by atoms with Crippen LogP contribution in [0.3, 0.4) is 0 Å². The summed E-state index contributed by atoms with van der Waals surface area (Å²) in [5.74, 6) is 0.682. The summed E-state index contributed by atoms with van der Waals surface area (Å²) in [6.45, 7) is 0. The summed E-state index contributed by atoms with van der Waals surface area (Å²) in [5.41, 5.74) is 1.13. The van der Waals surface area contributed by atoms with Crippen molar-refractivity contribution in [2.24, 2.45) is 0 Å². The van der Waals surface area contributed by atoms with E-state index in [0.29, 0.717) is 11.0 Å². The summed E-state index contributed by atoms with van der Waals surface area (Å²) in [4.78, 5) is 0. The number of benzene rings is 1. The largest absolute Gasteiger partial charge is 0.259 e. The summed E-state index contributed by atoms with van der Waals surface area (Å²) in [6.07, 6.45) is 6.09. The predicted molar refractivity (Wildman–Crippen MR) is 70.2 cm³/mol. The minimum Gasteiger partial charge on any atom is -0.259 e. The molecule has 0 aliphatic heterocycles. The van der Waals surface area contributed by atoms with E-state index in [-0.39, 0.29) is 0 Å². The minimum atomic E-state index is -0.707. The molecule has 0 spiro atoms. The van der Waals surface area contributed by atoms with Gasteiger partial charge in [-0.25, -0.2) is 0 Å². The van der Waals surface area contributed by atoms with Crippen molar-refractivity contribution in [2.45, 2.75) is 43.1 Å². The SMILES string of the molecule is O=S(Cc1ccc(Cl)cc1)C1CCCCC1. The second-order valence-corrected chi connectivity index (χ2v) is 6.56. The third kappa shape index (κ3) is 3.33. The summed E-state index contributed by atoms with van der Waals surface area (Å²) < 4.78 is 12.1. The van der Waals surface area contributed by atoms with Gasteiger partial charge in [0.25, 0.3) is 0 Å². The van der Waals surface area contributed by atoms with Gasteiger partial charge in [-0.1, -0.05) is 43.0 Å². The third-order valence-corrected chi connectivity index (χ3v) is 5.23. The Kier molecular flexibility index (Phi) is 4.42. The molecule has 1 saturated carbocycles. The highest BCUT2D eigenvalue weighted by molar-refractivity contribution is 7.84. The molecule has 1 aromatic rings. The minimum absolute atomic E-state index is 0.421. The summed E-state index contributed by atoms with van der Waals surface area (Å²) in [7, 11) is -0.707. The van der Waals surface area contributed by atoms with E-state index in [1.165, 1.54) is 19.3 Å². The molecule has 1 unspecified atom stereocenters. The van der Waals surface area contributed by atoms with E-state index < -0.39 is 10.8 Å². The van der Waals surface area contributed by atoms with Crippen molar-refractivity contribution in [3.8, 4) is 0 Å². The monoisotopic (exact) mass is 256 g/mol. The van der Waals surface area contributed by atoms with Gasteiger partial charge in [0.1, 0.15) is 0 Å². The molecule has 16 heavy (non-hydrogen) atoms. The lowest BCUT2D eigenvalue weighted by molar-refractivity contribution is 0.504. The summed E-state index contributed by atoms with van der Waals surface area (Å²) in [6, 6.07) is 7.69. The average molecular weight is 257 g/mol. The molecule has 88 valence electrons. The van der Waals surface area contributed by atoms with Crippen molar-refractivity contribution in [1.82, 2.24) is 0 Å². The Hall–Kier alpha value is -0.340. The Labute approximate surface area is 105 Å². The molecule has 1 atom stereocenters. The molecule has 2 rings (SSSR count). The Morgan fingerprint density at radius 3 is 2.38 bits per heavy atom. The van der Waals surface area contributed by atoms with Crippen LogP contribution in [0.4, 0.5) is 0 Å². The molecule has 1 fully saturated rings. The van der Waals surface area contributed by atoms with E-state index in [4.69, 9.17) is 11.6 Å². The van der Waals surface area contributed by atoms with E-state index in [1.54, 1.807) is 0 Å². The van der Waals surface area contributed by atoms with Crippen molar-refractivity contribution in [2.75, 3.05) is 0 Å². The molecular weight excluding hydrogens is 240 g/mol.